The highest BCUT2D eigenvalue weighted by atomic mass is 16.5. The summed E-state index contributed by atoms with van der Waals surface area (Å²) in [6, 6.07) is 0. The fourth-order valence-electron chi connectivity index (χ4n) is 2.28. The van der Waals surface area contributed by atoms with Crippen LogP contribution in [0.5, 0.6) is 0 Å². The van der Waals surface area contributed by atoms with E-state index in [2.05, 4.69) is 11.9 Å². The van der Waals surface area contributed by atoms with Crippen LogP contribution >= 0.6 is 0 Å². The minimum Gasteiger partial charge on any atom is -0.463 e. The molecule has 1 atom stereocenters. The summed E-state index contributed by atoms with van der Waals surface area (Å²) in [6.45, 7) is 8.13. The number of carbonyl (C=O) groups is 2. The molecule has 134 valence electrons. The zero-order valence-electron chi connectivity index (χ0n) is 15.1. The summed E-state index contributed by atoms with van der Waals surface area (Å²) in [5, 5.41) is 2.79. The number of nitrogens with one attached hydrogen (secondary N) is 1. The van der Waals surface area contributed by atoms with Gasteiger partial charge in [0.1, 0.15) is 0 Å². The van der Waals surface area contributed by atoms with E-state index in [9.17, 15) is 9.59 Å². The third-order valence-corrected chi connectivity index (χ3v) is 3.95. The maximum atomic E-state index is 11.5. The van der Waals surface area contributed by atoms with Gasteiger partial charge in [-0.2, -0.15) is 0 Å². The van der Waals surface area contributed by atoms with Gasteiger partial charge in [-0.15, -0.1) is 0 Å². The first-order valence-corrected chi connectivity index (χ1v) is 9.19. The van der Waals surface area contributed by atoms with Gasteiger partial charge in [0, 0.05) is 13.0 Å². The SMILES string of the molecule is C=CC(=O)NCCCCCCCCCCCC(=O)OC(C)CC. The molecule has 0 aromatic rings. The van der Waals surface area contributed by atoms with Crippen LogP contribution in [-0.2, 0) is 14.3 Å². The topological polar surface area (TPSA) is 55.4 Å². The molecule has 0 saturated carbocycles. The summed E-state index contributed by atoms with van der Waals surface area (Å²) in [4.78, 5) is 22.4. The molecular formula is C19H35NO3. The summed E-state index contributed by atoms with van der Waals surface area (Å²) in [6.07, 6.45) is 13.2. The number of ether oxygens (including phenoxy) is 1. The third kappa shape index (κ3) is 15.4. The minimum atomic E-state index is -0.0852. The first-order chi connectivity index (χ1) is 11.1. The zero-order chi connectivity index (χ0) is 17.3. The largest absolute Gasteiger partial charge is 0.463 e. The van der Waals surface area contributed by atoms with Crippen molar-refractivity contribution in [3.63, 3.8) is 0 Å². The molecule has 0 bridgehead atoms. The molecule has 1 N–H and O–H groups in total. The van der Waals surface area contributed by atoms with Crippen LogP contribution in [0.2, 0.25) is 0 Å². The Morgan fingerprint density at radius 2 is 1.52 bits per heavy atom. The van der Waals surface area contributed by atoms with Gasteiger partial charge in [-0.1, -0.05) is 58.4 Å². The van der Waals surface area contributed by atoms with Crippen LogP contribution in [0.1, 0.15) is 84.5 Å². The molecule has 23 heavy (non-hydrogen) atoms. The van der Waals surface area contributed by atoms with Gasteiger partial charge in [-0.25, -0.2) is 0 Å². The van der Waals surface area contributed by atoms with Crippen molar-refractivity contribution in [3.05, 3.63) is 12.7 Å². The van der Waals surface area contributed by atoms with Crippen molar-refractivity contribution in [2.75, 3.05) is 6.54 Å². The van der Waals surface area contributed by atoms with Gasteiger partial charge in [-0.05, 0) is 32.3 Å². The molecule has 4 nitrogen and oxygen atoms in total. The maximum absolute atomic E-state index is 11.5. The molecule has 0 rings (SSSR count). The Labute approximate surface area is 142 Å². The number of hydrogen-bond acceptors (Lipinski definition) is 3. The second kappa shape index (κ2) is 15.6. The number of hydrogen-bond donors (Lipinski definition) is 1. The molecule has 4 heteroatoms. The van der Waals surface area contributed by atoms with Crippen molar-refractivity contribution in [2.45, 2.75) is 90.6 Å². The molecule has 0 spiro atoms. The normalized spacial score (nSPS) is 11.7. The van der Waals surface area contributed by atoms with Crippen LogP contribution in [0.15, 0.2) is 12.7 Å². The van der Waals surface area contributed by atoms with Crippen molar-refractivity contribution in [1.82, 2.24) is 5.32 Å². The van der Waals surface area contributed by atoms with Crippen molar-refractivity contribution >= 4 is 11.9 Å². The molecular weight excluding hydrogens is 290 g/mol. The van der Waals surface area contributed by atoms with E-state index >= 15 is 0 Å². The zero-order valence-corrected chi connectivity index (χ0v) is 15.1. The number of carbonyl (C=O) groups excluding carboxylic acids is 2. The van der Waals surface area contributed by atoms with E-state index in [1.54, 1.807) is 0 Å². The molecule has 0 aliphatic rings. The van der Waals surface area contributed by atoms with Gasteiger partial charge in [-0.3, -0.25) is 9.59 Å². The first kappa shape index (κ1) is 21.7. The number of rotatable bonds is 15. The molecule has 0 fully saturated rings. The van der Waals surface area contributed by atoms with E-state index in [0.717, 1.165) is 32.2 Å². The lowest BCUT2D eigenvalue weighted by atomic mass is 10.1. The van der Waals surface area contributed by atoms with Crippen molar-refractivity contribution in [3.8, 4) is 0 Å². The summed E-state index contributed by atoms with van der Waals surface area (Å²) in [7, 11) is 0. The highest BCUT2D eigenvalue weighted by Gasteiger charge is 2.06. The quantitative estimate of drug-likeness (QED) is 0.273. The number of amides is 1. The Hall–Kier alpha value is -1.32. The lowest BCUT2D eigenvalue weighted by Crippen LogP contribution is -2.21. The minimum absolute atomic E-state index is 0.0487. The molecule has 1 amide bonds. The summed E-state index contributed by atoms with van der Waals surface area (Å²) >= 11 is 0. The van der Waals surface area contributed by atoms with Gasteiger partial charge in [0.2, 0.25) is 5.91 Å². The Morgan fingerprint density at radius 3 is 2.04 bits per heavy atom. The average molecular weight is 325 g/mol. The fourth-order valence-corrected chi connectivity index (χ4v) is 2.28. The summed E-state index contributed by atoms with van der Waals surface area (Å²) in [5.41, 5.74) is 0. The van der Waals surface area contributed by atoms with Gasteiger partial charge in [0.05, 0.1) is 6.10 Å². The molecule has 0 aliphatic carbocycles. The summed E-state index contributed by atoms with van der Waals surface area (Å²) < 4.78 is 5.24. The Balaban J connectivity index is 3.20. The molecule has 0 aromatic heterocycles. The smallest absolute Gasteiger partial charge is 0.306 e. The van der Waals surface area contributed by atoms with Gasteiger partial charge >= 0.3 is 5.97 Å². The highest BCUT2D eigenvalue weighted by molar-refractivity contribution is 5.86. The predicted molar refractivity (Wildman–Crippen MR) is 95.2 cm³/mol. The van der Waals surface area contributed by atoms with E-state index < -0.39 is 0 Å². The van der Waals surface area contributed by atoms with E-state index in [4.69, 9.17) is 4.74 Å². The van der Waals surface area contributed by atoms with Crippen molar-refractivity contribution < 1.29 is 14.3 Å². The number of esters is 1. The van der Waals surface area contributed by atoms with E-state index in [-0.39, 0.29) is 18.0 Å². The first-order valence-electron chi connectivity index (χ1n) is 9.19. The molecule has 0 heterocycles. The molecule has 0 aromatic carbocycles. The third-order valence-electron chi connectivity index (χ3n) is 3.95. The molecule has 0 aliphatic heterocycles. The van der Waals surface area contributed by atoms with E-state index in [1.807, 2.05) is 13.8 Å². The maximum Gasteiger partial charge on any atom is 0.306 e. The van der Waals surface area contributed by atoms with E-state index in [1.165, 1.54) is 44.6 Å². The average Bonchev–Trinajstić information content (AvgIpc) is 2.55. The second-order valence-electron chi connectivity index (χ2n) is 6.14. The van der Waals surface area contributed by atoms with E-state index in [0.29, 0.717) is 6.42 Å². The summed E-state index contributed by atoms with van der Waals surface area (Å²) in [5.74, 6) is -0.138. The van der Waals surface area contributed by atoms with Gasteiger partial charge < -0.3 is 10.1 Å². The highest BCUT2D eigenvalue weighted by Crippen LogP contribution is 2.11. The fraction of sp³-hybridized carbons (Fsp3) is 0.789. The van der Waals surface area contributed by atoms with Gasteiger partial charge in [0.25, 0.3) is 0 Å². The lowest BCUT2D eigenvalue weighted by Gasteiger charge is -2.10. The van der Waals surface area contributed by atoms with Crippen LogP contribution < -0.4 is 5.32 Å². The Bertz CT molecular complexity index is 329. The van der Waals surface area contributed by atoms with Crippen LogP contribution in [0, 0.1) is 0 Å². The standard InChI is InChI=1S/C19H35NO3/c1-4-17(3)23-19(22)15-13-11-9-7-6-8-10-12-14-16-20-18(21)5-2/h5,17H,2,4,6-16H2,1,3H3,(H,20,21). The van der Waals surface area contributed by atoms with Crippen molar-refractivity contribution in [2.24, 2.45) is 0 Å². The van der Waals surface area contributed by atoms with Crippen LogP contribution in [0.25, 0.3) is 0 Å². The Kier molecular flexibility index (Phi) is 14.7. The molecule has 0 saturated heterocycles. The van der Waals surface area contributed by atoms with Crippen molar-refractivity contribution in [1.29, 1.82) is 0 Å². The Morgan fingerprint density at radius 1 is 1.00 bits per heavy atom. The lowest BCUT2D eigenvalue weighted by molar-refractivity contribution is -0.148. The predicted octanol–water partition coefficient (Wildman–Crippen LogP) is 4.53. The van der Waals surface area contributed by atoms with Crippen LogP contribution in [0.4, 0.5) is 0 Å². The molecule has 1 unspecified atom stereocenters. The van der Waals surface area contributed by atoms with Gasteiger partial charge in [0.15, 0.2) is 0 Å². The monoisotopic (exact) mass is 325 g/mol. The van der Waals surface area contributed by atoms with Crippen LogP contribution in [-0.4, -0.2) is 24.5 Å². The second-order valence-corrected chi connectivity index (χ2v) is 6.14. The molecule has 0 radical (unpaired) electrons. The number of unbranched alkanes of at least 4 members (excludes halogenated alkanes) is 8. The van der Waals surface area contributed by atoms with Crippen LogP contribution in [0.3, 0.4) is 0 Å².